The van der Waals surface area contributed by atoms with Crippen LogP contribution in [0.5, 0.6) is 0 Å². The Morgan fingerprint density at radius 3 is 1.88 bits per heavy atom. The van der Waals surface area contributed by atoms with E-state index < -0.39 is 29.8 Å². The summed E-state index contributed by atoms with van der Waals surface area (Å²) < 4.78 is 0. The Bertz CT molecular complexity index is 1110. The number of primary amides is 1. The van der Waals surface area contributed by atoms with Crippen molar-refractivity contribution in [3.05, 3.63) is 95.6 Å². The highest BCUT2D eigenvalue weighted by Crippen LogP contribution is 2.46. The first-order chi connectivity index (χ1) is 15.5. The van der Waals surface area contributed by atoms with Crippen molar-refractivity contribution in [1.29, 1.82) is 0 Å². The first kappa shape index (κ1) is 21.3. The number of carbonyl (C=O) groups excluding carboxylic acids is 3. The van der Waals surface area contributed by atoms with Gasteiger partial charge in [0.1, 0.15) is 12.1 Å². The van der Waals surface area contributed by atoms with E-state index in [0.29, 0.717) is 6.42 Å². The summed E-state index contributed by atoms with van der Waals surface area (Å²) >= 11 is 0. The maximum absolute atomic E-state index is 13.2. The van der Waals surface area contributed by atoms with Crippen molar-refractivity contribution in [2.45, 2.75) is 31.3 Å². The molecule has 0 aromatic heterocycles. The van der Waals surface area contributed by atoms with Gasteiger partial charge in [0.25, 0.3) is 0 Å². The first-order valence-corrected chi connectivity index (χ1v) is 10.5. The predicted octanol–water partition coefficient (Wildman–Crippen LogP) is 2.52. The summed E-state index contributed by atoms with van der Waals surface area (Å²) in [5.41, 5.74) is 10.6. The number of hydrogen-bond donors (Lipinski definition) is 3. The van der Waals surface area contributed by atoms with E-state index in [0.717, 1.165) is 27.8 Å². The maximum Gasteiger partial charge on any atom is 0.243 e. The SMILES string of the molecule is CC(=O)N[C@@H](Cc1ccccc1)C(=O)N[C@@H](C(N)=O)C1c2ccccc2-c2ccccc21. The van der Waals surface area contributed by atoms with Crippen LogP contribution in [-0.2, 0) is 20.8 Å². The molecular formula is C26H25N3O3. The molecule has 3 aromatic carbocycles. The number of nitrogens with two attached hydrogens (primary N) is 1. The monoisotopic (exact) mass is 427 g/mol. The highest BCUT2D eigenvalue weighted by atomic mass is 16.2. The van der Waals surface area contributed by atoms with Crippen LogP contribution in [-0.4, -0.2) is 29.8 Å². The van der Waals surface area contributed by atoms with E-state index in [-0.39, 0.29) is 5.91 Å². The third-order valence-electron chi connectivity index (χ3n) is 5.80. The highest BCUT2D eigenvalue weighted by Gasteiger charge is 2.38. The van der Waals surface area contributed by atoms with E-state index in [9.17, 15) is 14.4 Å². The lowest BCUT2D eigenvalue weighted by molar-refractivity contribution is -0.131. The smallest absolute Gasteiger partial charge is 0.243 e. The zero-order valence-corrected chi connectivity index (χ0v) is 17.7. The Kier molecular flexibility index (Phi) is 6.03. The number of amides is 3. The van der Waals surface area contributed by atoms with Crippen molar-refractivity contribution in [3.8, 4) is 11.1 Å². The third-order valence-corrected chi connectivity index (χ3v) is 5.80. The van der Waals surface area contributed by atoms with Gasteiger partial charge in [-0.15, -0.1) is 0 Å². The van der Waals surface area contributed by atoms with Gasteiger partial charge in [0.15, 0.2) is 0 Å². The largest absolute Gasteiger partial charge is 0.368 e. The third kappa shape index (κ3) is 4.25. The van der Waals surface area contributed by atoms with Gasteiger partial charge in [0.05, 0.1) is 0 Å². The molecule has 6 heteroatoms. The van der Waals surface area contributed by atoms with Crippen LogP contribution in [0, 0.1) is 0 Å². The zero-order valence-electron chi connectivity index (χ0n) is 17.7. The van der Waals surface area contributed by atoms with Crippen LogP contribution < -0.4 is 16.4 Å². The number of benzene rings is 3. The van der Waals surface area contributed by atoms with Gasteiger partial charge in [0.2, 0.25) is 17.7 Å². The van der Waals surface area contributed by atoms with Crippen molar-refractivity contribution >= 4 is 17.7 Å². The zero-order chi connectivity index (χ0) is 22.7. The van der Waals surface area contributed by atoms with Crippen molar-refractivity contribution in [3.63, 3.8) is 0 Å². The summed E-state index contributed by atoms with van der Waals surface area (Å²) in [7, 11) is 0. The minimum Gasteiger partial charge on any atom is -0.368 e. The molecule has 1 aliphatic carbocycles. The lowest BCUT2D eigenvalue weighted by atomic mass is 9.88. The maximum atomic E-state index is 13.2. The standard InChI is InChI=1S/C26H25N3O3/c1-16(30)28-22(15-17-9-3-2-4-10-17)26(32)29-24(25(27)31)23-20-13-7-5-11-18(20)19-12-6-8-14-21(19)23/h2-14,22-24H,15H2,1H3,(H2,27,31)(H,28,30)(H,29,32)/t22-,24+/m0/s1. The molecule has 0 aliphatic heterocycles. The second kappa shape index (κ2) is 9.06. The van der Waals surface area contributed by atoms with Crippen LogP contribution in [0.15, 0.2) is 78.9 Å². The fourth-order valence-electron chi connectivity index (χ4n) is 4.43. The molecule has 0 fully saturated rings. The van der Waals surface area contributed by atoms with E-state index in [1.165, 1.54) is 6.92 Å². The topological polar surface area (TPSA) is 101 Å². The summed E-state index contributed by atoms with van der Waals surface area (Å²) in [4.78, 5) is 37.6. The molecule has 162 valence electrons. The molecule has 0 spiro atoms. The summed E-state index contributed by atoms with van der Waals surface area (Å²) in [5.74, 6) is -1.81. The Hall–Kier alpha value is -3.93. The molecule has 2 atom stereocenters. The molecule has 0 saturated heterocycles. The van der Waals surface area contributed by atoms with Gasteiger partial charge in [0, 0.05) is 19.3 Å². The van der Waals surface area contributed by atoms with Crippen LogP contribution in [0.1, 0.15) is 29.5 Å². The van der Waals surface area contributed by atoms with Gasteiger partial charge in [-0.3, -0.25) is 14.4 Å². The summed E-state index contributed by atoms with van der Waals surface area (Å²) in [6.07, 6.45) is 0.301. The van der Waals surface area contributed by atoms with Crippen LogP contribution in [0.3, 0.4) is 0 Å². The Labute approximate surface area is 186 Å². The molecule has 32 heavy (non-hydrogen) atoms. The Morgan fingerprint density at radius 1 is 0.812 bits per heavy atom. The Morgan fingerprint density at radius 2 is 1.34 bits per heavy atom. The lowest BCUT2D eigenvalue weighted by Crippen LogP contribution is -2.55. The quantitative estimate of drug-likeness (QED) is 0.540. The number of nitrogens with one attached hydrogen (secondary N) is 2. The van der Waals surface area contributed by atoms with Gasteiger partial charge in [-0.2, -0.15) is 0 Å². The summed E-state index contributed by atoms with van der Waals surface area (Å²) in [6.45, 7) is 1.36. The van der Waals surface area contributed by atoms with E-state index in [4.69, 9.17) is 5.73 Å². The highest BCUT2D eigenvalue weighted by molar-refractivity contribution is 5.94. The van der Waals surface area contributed by atoms with Crippen LogP contribution >= 0.6 is 0 Å². The van der Waals surface area contributed by atoms with E-state index >= 15 is 0 Å². The molecule has 1 aliphatic rings. The van der Waals surface area contributed by atoms with Gasteiger partial charge in [-0.05, 0) is 27.8 Å². The normalized spacial score (nSPS) is 14.0. The van der Waals surface area contributed by atoms with Gasteiger partial charge in [-0.25, -0.2) is 0 Å². The van der Waals surface area contributed by atoms with E-state index in [2.05, 4.69) is 10.6 Å². The molecule has 4 N–H and O–H groups in total. The van der Waals surface area contributed by atoms with Gasteiger partial charge >= 0.3 is 0 Å². The minimum absolute atomic E-state index is 0.301. The van der Waals surface area contributed by atoms with Gasteiger partial charge in [-0.1, -0.05) is 78.9 Å². The molecule has 3 aromatic rings. The van der Waals surface area contributed by atoms with Crippen LogP contribution in [0.25, 0.3) is 11.1 Å². The fraction of sp³-hybridized carbons (Fsp3) is 0.192. The molecular weight excluding hydrogens is 402 g/mol. The van der Waals surface area contributed by atoms with E-state index in [1.54, 1.807) is 0 Å². The number of hydrogen-bond acceptors (Lipinski definition) is 3. The van der Waals surface area contributed by atoms with Crippen molar-refractivity contribution < 1.29 is 14.4 Å². The second-order valence-corrected chi connectivity index (χ2v) is 7.98. The number of rotatable bonds is 7. The molecule has 0 saturated carbocycles. The van der Waals surface area contributed by atoms with E-state index in [1.807, 2.05) is 78.9 Å². The second-order valence-electron chi connectivity index (χ2n) is 7.98. The lowest BCUT2D eigenvalue weighted by Gasteiger charge is -2.26. The van der Waals surface area contributed by atoms with Crippen LogP contribution in [0.2, 0.25) is 0 Å². The average molecular weight is 428 g/mol. The minimum atomic E-state index is -0.959. The number of fused-ring (bicyclic) bond motifs is 3. The average Bonchev–Trinajstić information content (AvgIpc) is 3.11. The molecule has 6 nitrogen and oxygen atoms in total. The molecule has 0 unspecified atom stereocenters. The molecule has 0 bridgehead atoms. The summed E-state index contributed by atoms with van der Waals surface area (Å²) in [6, 6.07) is 23.2. The Balaban J connectivity index is 1.65. The molecule has 0 radical (unpaired) electrons. The molecule has 3 amide bonds. The fourth-order valence-corrected chi connectivity index (χ4v) is 4.43. The van der Waals surface area contributed by atoms with Crippen LogP contribution in [0.4, 0.5) is 0 Å². The summed E-state index contributed by atoms with van der Waals surface area (Å²) in [5, 5.41) is 5.54. The first-order valence-electron chi connectivity index (χ1n) is 10.5. The van der Waals surface area contributed by atoms with Gasteiger partial charge < -0.3 is 16.4 Å². The number of carbonyl (C=O) groups is 3. The molecule has 0 heterocycles. The van der Waals surface area contributed by atoms with Crippen molar-refractivity contribution in [2.75, 3.05) is 0 Å². The van der Waals surface area contributed by atoms with Crippen molar-refractivity contribution in [2.24, 2.45) is 5.73 Å². The van der Waals surface area contributed by atoms with Crippen molar-refractivity contribution in [1.82, 2.24) is 10.6 Å². The molecule has 4 rings (SSSR count). The predicted molar refractivity (Wildman–Crippen MR) is 123 cm³/mol.